The first kappa shape index (κ1) is 13.0. The van der Waals surface area contributed by atoms with Gasteiger partial charge in [-0.05, 0) is 22.9 Å². The number of carbonyl (C=O) groups is 1. The normalized spacial score (nSPS) is 11.3. The second kappa shape index (κ2) is 5.04. The van der Waals surface area contributed by atoms with Crippen LogP contribution in [0.5, 0.6) is 0 Å². The van der Waals surface area contributed by atoms with Gasteiger partial charge >= 0.3 is 6.18 Å². The van der Waals surface area contributed by atoms with Gasteiger partial charge in [-0.1, -0.05) is 12.1 Å². The number of aromatic nitrogens is 4. The Morgan fingerprint density at radius 2 is 2.16 bits per heavy atom. The van der Waals surface area contributed by atoms with E-state index >= 15 is 0 Å². The maximum atomic E-state index is 12.5. The number of alkyl halides is 3. The fourth-order valence-electron chi connectivity index (χ4n) is 1.38. The Hall–Kier alpha value is -2.45. The van der Waals surface area contributed by atoms with Crippen molar-refractivity contribution in [3.63, 3.8) is 0 Å². The number of nitrogens with zero attached hydrogens (tertiary/aromatic N) is 3. The zero-order valence-corrected chi connectivity index (χ0v) is 9.40. The number of benzene rings is 1. The van der Waals surface area contributed by atoms with Crippen LogP contribution in [0.2, 0.25) is 0 Å². The molecule has 0 saturated heterocycles. The molecule has 2 rings (SSSR count). The van der Waals surface area contributed by atoms with Crippen LogP contribution in [0.15, 0.2) is 24.3 Å². The topological polar surface area (TPSA) is 83.6 Å². The highest BCUT2D eigenvalue weighted by atomic mass is 19.4. The Morgan fingerprint density at radius 1 is 1.37 bits per heavy atom. The number of carbonyl (C=O) groups excluding carboxylic acids is 1. The molecule has 0 aliphatic carbocycles. The number of nitrogens with one attached hydrogen (secondary N) is 2. The van der Waals surface area contributed by atoms with Crippen LogP contribution in [0.1, 0.15) is 21.7 Å². The van der Waals surface area contributed by atoms with Gasteiger partial charge in [-0.3, -0.25) is 4.79 Å². The first-order chi connectivity index (χ1) is 8.97. The highest BCUT2D eigenvalue weighted by molar-refractivity contribution is 5.89. The van der Waals surface area contributed by atoms with Crippen molar-refractivity contribution < 1.29 is 18.0 Å². The number of aromatic amines is 1. The molecule has 6 nitrogen and oxygen atoms in total. The molecule has 0 fully saturated rings. The minimum absolute atomic E-state index is 0.0582. The van der Waals surface area contributed by atoms with E-state index in [0.29, 0.717) is 5.56 Å². The Morgan fingerprint density at radius 3 is 2.79 bits per heavy atom. The van der Waals surface area contributed by atoms with Crippen molar-refractivity contribution in [2.45, 2.75) is 12.7 Å². The number of rotatable bonds is 3. The Balaban J connectivity index is 2.02. The van der Waals surface area contributed by atoms with Gasteiger partial charge < -0.3 is 5.32 Å². The predicted molar refractivity (Wildman–Crippen MR) is 56.8 cm³/mol. The summed E-state index contributed by atoms with van der Waals surface area (Å²) in [6, 6.07) is 4.69. The van der Waals surface area contributed by atoms with Crippen molar-refractivity contribution in [3.05, 3.63) is 41.2 Å². The molecule has 19 heavy (non-hydrogen) atoms. The number of halogens is 3. The summed E-state index contributed by atoms with van der Waals surface area (Å²) < 4.78 is 37.4. The van der Waals surface area contributed by atoms with Gasteiger partial charge in [0.2, 0.25) is 0 Å². The van der Waals surface area contributed by atoms with Crippen LogP contribution in [0.25, 0.3) is 0 Å². The smallest absolute Gasteiger partial charge is 0.345 e. The van der Waals surface area contributed by atoms with E-state index in [1.54, 1.807) is 0 Å². The van der Waals surface area contributed by atoms with E-state index in [2.05, 4.69) is 25.9 Å². The fraction of sp³-hybridized carbons (Fsp3) is 0.200. The van der Waals surface area contributed by atoms with Crippen LogP contribution < -0.4 is 5.32 Å². The van der Waals surface area contributed by atoms with Crippen molar-refractivity contribution in [2.24, 2.45) is 0 Å². The van der Waals surface area contributed by atoms with E-state index in [1.165, 1.54) is 12.1 Å². The highest BCUT2D eigenvalue weighted by Crippen LogP contribution is 2.29. The Bertz CT molecular complexity index is 567. The second-order valence-corrected chi connectivity index (χ2v) is 3.62. The minimum atomic E-state index is -4.41. The molecule has 0 aliphatic rings. The van der Waals surface area contributed by atoms with E-state index in [1.807, 2.05) is 0 Å². The van der Waals surface area contributed by atoms with Gasteiger partial charge in [0.25, 0.3) is 11.7 Å². The average Bonchev–Trinajstić information content (AvgIpc) is 2.89. The molecule has 0 atom stereocenters. The zero-order valence-electron chi connectivity index (χ0n) is 9.40. The maximum Gasteiger partial charge on any atom is 0.416 e. The van der Waals surface area contributed by atoms with Crippen LogP contribution in [0.3, 0.4) is 0 Å². The van der Waals surface area contributed by atoms with Crippen LogP contribution in [0, 0.1) is 0 Å². The number of hydrogen-bond acceptors (Lipinski definition) is 4. The molecule has 2 aromatic rings. The van der Waals surface area contributed by atoms with Crippen LogP contribution in [-0.2, 0) is 12.7 Å². The van der Waals surface area contributed by atoms with Crippen LogP contribution in [0.4, 0.5) is 13.2 Å². The minimum Gasteiger partial charge on any atom is -0.345 e. The summed E-state index contributed by atoms with van der Waals surface area (Å²) in [6.07, 6.45) is -4.41. The lowest BCUT2D eigenvalue weighted by Gasteiger charge is -2.08. The molecule has 0 aliphatic heterocycles. The largest absolute Gasteiger partial charge is 0.416 e. The molecule has 0 saturated carbocycles. The first-order valence-corrected chi connectivity index (χ1v) is 5.14. The SMILES string of the molecule is O=C(NCc1cccc(C(F)(F)F)c1)c1nn[nH]n1. The highest BCUT2D eigenvalue weighted by Gasteiger charge is 2.30. The number of hydrogen-bond donors (Lipinski definition) is 2. The van der Waals surface area contributed by atoms with E-state index in [9.17, 15) is 18.0 Å². The lowest BCUT2D eigenvalue weighted by atomic mass is 10.1. The molecule has 0 bridgehead atoms. The third kappa shape index (κ3) is 3.27. The molecule has 2 N–H and O–H groups in total. The standard InChI is InChI=1S/C10H8F3N5O/c11-10(12,13)7-3-1-2-6(4-7)5-14-9(19)8-15-17-18-16-8/h1-4H,5H2,(H,14,19)(H,15,16,17,18). The summed E-state index contributed by atoms with van der Waals surface area (Å²) >= 11 is 0. The van der Waals surface area contributed by atoms with Gasteiger partial charge in [0.1, 0.15) is 0 Å². The molecule has 100 valence electrons. The van der Waals surface area contributed by atoms with Gasteiger partial charge in [0, 0.05) is 6.54 Å². The van der Waals surface area contributed by atoms with Gasteiger partial charge in [-0.25, -0.2) is 0 Å². The summed E-state index contributed by atoms with van der Waals surface area (Å²) in [5.74, 6) is -0.793. The quantitative estimate of drug-likeness (QED) is 0.877. The Labute approximate surface area is 105 Å². The van der Waals surface area contributed by atoms with Crippen molar-refractivity contribution in [3.8, 4) is 0 Å². The van der Waals surface area contributed by atoms with Crippen LogP contribution in [-0.4, -0.2) is 26.5 Å². The number of tetrazole rings is 1. The van der Waals surface area contributed by atoms with Crippen molar-refractivity contribution in [2.75, 3.05) is 0 Å². The number of H-pyrrole nitrogens is 1. The molecule has 0 unspecified atom stereocenters. The van der Waals surface area contributed by atoms with Gasteiger partial charge in [0.05, 0.1) is 5.56 Å². The molecular weight excluding hydrogens is 263 g/mol. The van der Waals surface area contributed by atoms with E-state index in [0.717, 1.165) is 12.1 Å². The summed E-state index contributed by atoms with van der Waals surface area (Å²) in [5, 5.41) is 14.6. The monoisotopic (exact) mass is 271 g/mol. The van der Waals surface area contributed by atoms with E-state index in [4.69, 9.17) is 0 Å². The number of amides is 1. The van der Waals surface area contributed by atoms with Crippen molar-refractivity contribution >= 4 is 5.91 Å². The molecule has 1 aromatic carbocycles. The van der Waals surface area contributed by atoms with Gasteiger partial charge in [-0.2, -0.15) is 18.4 Å². The van der Waals surface area contributed by atoms with Crippen molar-refractivity contribution in [1.29, 1.82) is 0 Å². The molecule has 0 radical (unpaired) electrons. The summed E-state index contributed by atoms with van der Waals surface area (Å²) in [5.41, 5.74) is -0.439. The molecule has 1 amide bonds. The lowest BCUT2D eigenvalue weighted by Crippen LogP contribution is -2.24. The first-order valence-electron chi connectivity index (χ1n) is 5.14. The third-order valence-electron chi connectivity index (χ3n) is 2.26. The summed E-state index contributed by atoms with van der Waals surface area (Å²) in [4.78, 5) is 11.4. The molecular formula is C10H8F3N5O. The van der Waals surface area contributed by atoms with Gasteiger partial charge in [0.15, 0.2) is 0 Å². The molecule has 1 heterocycles. The third-order valence-corrected chi connectivity index (χ3v) is 2.26. The fourth-order valence-corrected chi connectivity index (χ4v) is 1.38. The van der Waals surface area contributed by atoms with E-state index < -0.39 is 17.6 Å². The van der Waals surface area contributed by atoms with E-state index in [-0.39, 0.29) is 12.4 Å². The zero-order chi connectivity index (χ0) is 13.9. The summed E-state index contributed by atoms with van der Waals surface area (Å²) in [7, 11) is 0. The summed E-state index contributed by atoms with van der Waals surface area (Å²) in [6.45, 7) is -0.0582. The van der Waals surface area contributed by atoms with Crippen LogP contribution >= 0.6 is 0 Å². The van der Waals surface area contributed by atoms with Crippen molar-refractivity contribution in [1.82, 2.24) is 25.9 Å². The molecule has 1 aromatic heterocycles. The van der Waals surface area contributed by atoms with Gasteiger partial charge in [-0.15, -0.1) is 10.2 Å². The molecule has 0 spiro atoms. The average molecular weight is 271 g/mol. The predicted octanol–water partition coefficient (Wildman–Crippen LogP) is 1.15. The second-order valence-electron chi connectivity index (χ2n) is 3.62. The molecule has 9 heteroatoms. The Kier molecular flexibility index (Phi) is 3.45. The lowest BCUT2D eigenvalue weighted by molar-refractivity contribution is -0.137. The maximum absolute atomic E-state index is 12.5.